The van der Waals surface area contributed by atoms with Gasteiger partial charge in [0.05, 0.1) is 18.6 Å². The van der Waals surface area contributed by atoms with Gasteiger partial charge in [0, 0.05) is 27.6 Å². The maximum Gasteiger partial charge on any atom is 0.312 e. The highest BCUT2D eigenvalue weighted by atomic mass is 127. The first kappa shape index (κ1) is 17.9. The maximum atomic E-state index is 12.8. The number of methoxy groups -OCH3 is 1. The predicted octanol–water partition coefficient (Wildman–Crippen LogP) is 3.98. The number of halogens is 1. The second-order valence-corrected chi connectivity index (χ2v) is 7.74. The molecule has 3 unspecified atom stereocenters. The molecule has 1 aromatic heterocycles. The molecule has 0 radical (unpaired) electrons. The number of benzene rings is 1. The van der Waals surface area contributed by atoms with Crippen molar-refractivity contribution in [2.24, 2.45) is 5.92 Å². The highest BCUT2D eigenvalue weighted by molar-refractivity contribution is 14.1. The van der Waals surface area contributed by atoms with Gasteiger partial charge in [-0.1, -0.05) is 24.3 Å². The maximum absolute atomic E-state index is 12.8. The van der Waals surface area contributed by atoms with Gasteiger partial charge in [-0.3, -0.25) is 9.78 Å². The molecule has 1 aliphatic rings. The van der Waals surface area contributed by atoms with Crippen molar-refractivity contribution in [1.29, 1.82) is 0 Å². The van der Waals surface area contributed by atoms with Crippen LogP contribution in [0.4, 0.5) is 0 Å². The smallest absolute Gasteiger partial charge is 0.312 e. The number of hydrogen-bond acceptors (Lipinski definition) is 4. The number of rotatable bonds is 3. The van der Waals surface area contributed by atoms with E-state index in [0.29, 0.717) is 0 Å². The van der Waals surface area contributed by atoms with Gasteiger partial charge in [-0.2, -0.15) is 0 Å². The zero-order valence-electron chi connectivity index (χ0n) is 14.5. The van der Waals surface area contributed by atoms with Gasteiger partial charge in [0.1, 0.15) is 0 Å². The summed E-state index contributed by atoms with van der Waals surface area (Å²) in [6.07, 6.45) is 5.66. The lowest BCUT2D eigenvalue weighted by molar-refractivity contribution is -0.149. The lowest BCUT2D eigenvalue weighted by Crippen LogP contribution is -2.53. The molecule has 0 saturated heterocycles. The van der Waals surface area contributed by atoms with E-state index in [0.717, 1.165) is 16.8 Å². The number of nitrogens with one attached hydrogen (secondary N) is 1. The topological polar surface area (TPSA) is 51.2 Å². The third kappa shape index (κ3) is 3.42. The Kier molecular flexibility index (Phi) is 5.13. The van der Waals surface area contributed by atoms with E-state index in [2.05, 4.69) is 63.2 Å². The van der Waals surface area contributed by atoms with E-state index in [1.54, 1.807) is 6.20 Å². The van der Waals surface area contributed by atoms with Gasteiger partial charge in [-0.25, -0.2) is 0 Å². The quantitative estimate of drug-likeness (QED) is 0.570. The molecule has 4 nitrogen and oxygen atoms in total. The Labute approximate surface area is 161 Å². The molecule has 0 aliphatic carbocycles. The average molecular weight is 448 g/mol. The number of carbonyl (C=O) groups is 1. The fraction of sp³-hybridized carbons (Fsp3) is 0.300. The molecular weight excluding hydrogens is 427 g/mol. The monoisotopic (exact) mass is 448 g/mol. The molecule has 130 valence electrons. The summed E-state index contributed by atoms with van der Waals surface area (Å²) in [5.74, 6) is -0.701. The van der Waals surface area contributed by atoms with E-state index < -0.39 is 11.5 Å². The van der Waals surface area contributed by atoms with Crippen LogP contribution in [0.5, 0.6) is 0 Å². The number of aromatic nitrogens is 1. The number of nitrogens with zero attached hydrogens (tertiary/aromatic N) is 1. The van der Waals surface area contributed by atoms with Gasteiger partial charge < -0.3 is 10.1 Å². The lowest BCUT2D eigenvalue weighted by Gasteiger charge is -2.45. The van der Waals surface area contributed by atoms with Crippen LogP contribution in [0.15, 0.2) is 60.6 Å². The molecular formula is C20H21IN2O2. The van der Waals surface area contributed by atoms with E-state index in [-0.39, 0.29) is 11.9 Å². The highest BCUT2D eigenvalue weighted by Crippen LogP contribution is 2.44. The molecule has 0 saturated carbocycles. The Morgan fingerprint density at radius 3 is 2.60 bits per heavy atom. The zero-order valence-corrected chi connectivity index (χ0v) is 16.7. The molecule has 0 fully saturated rings. The molecule has 0 spiro atoms. The predicted molar refractivity (Wildman–Crippen MR) is 106 cm³/mol. The molecule has 5 heteroatoms. The van der Waals surface area contributed by atoms with Crippen LogP contribution in [0.2, 0.25) is 0 Å². The Morgan fingerprint density at radius 2 is 2.00 bits per heavy atom. The van der Waals surface area contributed by atoms with Crippen molar-refractivity contribution in [2.45, 2.75) is 25.3 Å². The number of pyridine rings is 1. The van der Waals surface area contributed by atoms with E-state index in [9.17, 15) is 4.79 Å². The van der Waals surface area contributed by atoms with Gasteiger partial charge in [0.25, 0.3) is 0 Å². The second kappa shape index (κ2) is 7.15. The van der Waals surface area contributed by atoms with Crippen LogP contribution < -0.4 is 5.32 Å². The van der Waals surface area contributed by atoms with Crippen LogP contribution >= 0.6 is 22.6 Å². The summed E-state index contributed by atoms with van der Waals surface area (Å²) in [4.78, 5) is 17.0. The van der Waals surface area contributed by atoms with E-state index >= 15 is 0 Å². The molecule has 2 heterocycles. The summed E-state index contributed by atoms with van der Waals surface area (Å²) < 4.78 is 6.35. The van der Waals surface area contributed by atoms with Crippen molar-refractivity contribution in [1.82, 2.24) is 10.3 Å². The van der Waals surface area contributed by atoms with Crippen molar-refractivity contribution in [3.63, 3.8) is 0 Å². The van der Waals surface area contributed by atoms with Crippen molar-refractivity contribution in [3.05, 3.63) is 75.3 Å². The fourth-order valence-corrected chi connectivity index (χ4v) is 4.02. The number of esters is 1. The number of carbonyl (C=O) groups excluding carboxylic acids is 1. The summed E-state index contributed by atoms with van der Waals surface area (Å²) in [6.45, 7) is 4.07. The molecule has 0 bridgehead atoms. The fourth-order valence-electron chi connectivity index (χ4n) is 3.66. The van der Waals surface area contributed by atoms with Crippen molar-refractivity contribution < 1.29 is 9.53 Å². The first-order chi connectivity index (χ1) is 12.0. The Balaban J connectivity index is 2.15. The average Bonchev–Trinajstić information content (AvgIpc) is 2.62. The van der Waals surface area contributed by atoms with Gasteiger partial charge in [-0.05, 0) is 65.8 Å². The Bertz CT molecular complexity index is 789. The molecule has 25 heavy (non-hydrogen) atoms. The highest BCUT2D eigenvalue weighted by Gasteiger charge is 2.48. The molecule has 3 atom stereocenters. The minimum atomic E-state index is -0.603. The number of hydrogen-bond donors (Lipinski definition) is 1. The van der Waals surface area contributed by atoms with Crippen LogP contribution in [0.25, 0.3) is 0 Å². The number of ether oxygens (including phenoxy) is 1. The van der Waals surface area contributed by atoms with Crippen LogP contribution in [-0.4, -0.2) is 18.1 Å². The van der Waals surface area contributed by atoms with E-state index in [4.69, 9.17) is 4.74 Å². The van der Waals surface area contributed by atoms with Gasteiger partial charge in [0.2, 0.25) is 0 Å². The number of allylic oxidation sites excluding steroid dienone is 2. The largest absolute Gasteiger partial charge is 0.469 e. The lowest BCUT2D eigenvalue weighted by atomic mass is 9.68. The van der Waals surface area contributed by atoms with E-state index in [1.807, 2.05) is 32.2 Å². The van der Waals surface area contributed by atoms with E-state index in [1.165, 1.54) is 10.7 Å². The minimum absolute atomic E-state index is 0.0732. The third-order valence-corrected chi connectivity index (χ3v) is 5.56. The summed E-state index contributed by atoms with van der Waals surface area (Å²) in [5.41, 5.74) is 2.50. The summed E-state index contributed by atoms with van der Waals surface area (Å²) in [6, 6.07) is 12.2. The summed E-state index contributed by atoms with van der Waals surface area (Å²) in [7, 11) is 1.45. The SMILES string of the molecule is COC(=O)C1C(c2ccc(I)cc2)C=C(C)NC1(C)c1cccnc1. The molecule has 3 rings (SSSR count). The van der Waals surface area contributed by atoms with Crippen molar-refractivity contribution in [3.8, 4) is 0 Å². The summed E-state index contributed by atoms with van der Waals surface area (Å²) >= 11 is 2.29. The second-order valence-electron chi connectivity index (χ2n) is 6.50. The summed E-state index contributed by atoms with van der Waals surface area (Å²) in [5, 5.41) is 3.50. The zero-order chi connectivity index (χ0) is 18.0. The third-order valence-electron chi connectivity index (χ3n) is 4.84. The first-order valence-corrected chi connectivity index (χ1v) is 9.24. The Hall–Kier alpha value is -1.89. The molecule has 2 aromatic rings. The normalized spacial score (nSPS) is 25.7. The molecule has 0 amide bonds. The van der Waals surface area contributed by atoms with Crippen molar-refractivity contribution >= 4 is 28.6 Å². The molecule has 1 N–H and O–H groups in total. The van der Waals surface area contributed by atoms with Gasteiger partial charge >= 0.3 is 5.97 Å². The molecule has 1 aromatic carbocycles. The van der Waals surface area contributed by atoms with Crippen LogP contribution in [-0.2, 0) is 15.1 Å². The van der Waals surface area contributed by atoms with Gasteiger partial charge in [-0.15, -0.1) is 0 Å². The first-order valence-electron chi connectivity index (χ1n) is 8.16. The van der Waals surface area contributed by atoms with Crippen molar-refractivity contribution in [2.75, 3.05) is 7.11 Å². The van der Waals surface area contributed by atoms with Crippen LogP contribution in [0.1, 0.15) is 30.9 Å². The van der Waals surface area contributed by atoms with Crippen LogP contribution in [0.3, 0.4) is 0 Å². The molecule has 1 aliphatic heterocycles. The standard InChI is InChI=1S/C20H21IN2O2/c1-13-11-17(14-6-8-16(21)9-7-14)18(19(24)25-3)20(2,23-13)15-5-4-10-22-12-15/h4-12,17-18,23H,1-3H3. The Morgan fingerprint density at radius 1 is 1.28 bits per heavy atom. The van der Waals surface area contributed by atoms with Gasteiger partial charge in [0.15, 0.2) is 0 Å². The van der Waals surface area contributed by atoms with Crippen LogP contribution in [0, 0.1) is 9.49 Å². The minimum Gasteiger partial charge on any atom is -0.469 e.